The van der Waals surface area contributed by atoms with Crippen LogP contribution in [0.4, 0.5) is 5.69 Å². The number of hydrogen-bond acceptors (Lipinski definition) is 5. The third-order valence-electron chi connectivity index (χ3n) is 5.13. The van der Waals surface area contributed by atoms with Crippen LogP contribution in [-0.2, 0) is 30.3 Å². The van der Waals surface area contributed by atoms with Gasteiger partial charge in [0.05, 0.1) is 10.7 Å². The predicted octanol–water partition coefficient (Wildman–Crippen LogP) is 2.31. The minimum Gasteiger partial charge on any atom is -0.480 e. The summed E-state index contributed by atoms with van der Waals surface area (Å²) >= 11 is 6.05. The molecule has 2 amide bonds. The first kappa shape index (κ1) is 21.8. The van der Waals surface area contributed by atoms with Gasteiger partial charge in [-0.1, -0.05) is 41.9 Å². The molecule has 1 aliphatic rings. The highest BCUT2D eigenvalue weighted by Crippen LogP contribution is 2.23. The number of amides is 2. The first-order valence-electron chi connectivity index (χ1n) is 9.81. The van der Waals surface area contributed by atoms with Crippen LogP contribution in [0.25, 0.3) is 10.9 Å². The molecule has 0 bridgehead atoms. The summed E-state index contributed by atoms with van der Waals surface area (Å²) in [6.45, 7) is -0.279. The van der Waals surface area contributed by atoms with Crippen LogP contribution in [0, 0.1) is 0 Å². The number of ether oxygens (including phenoxy) is 2. The van der Waals surface area contributed by atoms with Gasteiger partial charge in [0.25, 0.3) is 11.8 Å². The van der Waals surface area contributed by atoms with Crippen molar-refractivity contribution in [1.82, 2.24) is 10.3 Å². The number of benzene rings is 2. The second kappa shape index (κ2) is 9.39. The molecule has 3 atom stereocenters. The van der Waals surface area contributed by atoms with E-state index in [1.165, 1.54) is 0 Å². The lowest BCUT2D eigenvalue weighted by Crippen LogP contribution is -2.51. The Hall–Kier alpha value is -3.40. The third kappa shape index (κ3) is 4.59. The normalized spacial score (nSPS) is 18.9. The number of halogens is 1. The summed E-state index contributed by atoms with van der Waals surface area (Å²) in [4.78, 5) is 40.3. The molecule has 32 heavy (non-hydrogen) atoms. The second-order valence-corrected chi connectivity index (χ2v) is 7.63. The summed E-state index contributed by atoms with van der Waals surface area (Å²) in [6.07, 6.45) is -0.798. The Morgan fingerprint density at radius 3 is 2.50 bits per heavy atom. The van der Waals surface area contributed by atoms with Crippen molar-refractivity contribution in [1.29, 1.82) is 0 Å². The SMILES string of the molecule is O=C(O)C(Cc1c[nH]c2ccccc12)NC(=O)C1OCOC1C(=O)Nc1ccccc1Cl. The van der Waals surface area contributed by atoms with Gasteiger partial charge in [-0.2, -0.15) is 0 Å². The van der Waals surface area contributed by atoms with E-state index in [0.717, 1.165) is 16.5 Å². The molecule has 1 aromatic heterocycles. The van der Waals surface area contributed by atoms with Crippen LogP contribution in [0.3, 0.4) is 0 Å². The first-order chi connectivity index (χ1) is 15.4. The maximum absolute atomic E-state index is 12.8. The topological polar surface area (TPSA) is 130 Å². The van der Waals surface area contributed by atoms with E-state index >= 15 is 0 Å². The first-order valence-corrected chi connectivity index (χ1v) is 10.2. The number of carbonyl (C=O) groups is 3. The molecule has 4 N–H and O–H groups in total. The molecule has 1 saturated heterocycles. The molecule has 0 saturated carbocycles. The monoisotopic (exact) mass is 457 g/mol. The number of anilines is 1. The van der Waals surface area contributed by atoms with Crippen LogP contribution in [0.15, 0.2) is 54.7 Å². The summed E-state index contributed by atoms with van der Waals surface area (Å²) < 4.78 is 10.6. The Labute approximate surface area is 187 Å². The number of carboxylic acid groups (broad SMARTS) is 1. The van der Waals surface area contributed by atoms with Gasteiger partial charge in [-0.05, 0) is 23.8 Å². The lowest BCUT2D eigenvalue weighted by Gasteiger charge is -2.20. The van der Waals surface area contributed by atoms with Crippen LogP contribution in [0.2, 0.25) is 5.02 Å². The molecule has 4 rings (SSSR count). The number of fused-ring (bicyclic) bond motifs is 1. The average molecular weight is 458 g/mol. The number of hydrogen-bond donors (Lipinski definition) is 4. The number of rotatable bonds is 7. The number of carbonyl (C=O) groups excluding carboxylic acids is 2. The molecule has 0 spiro atoms. The number of carboxylic acids is 1. The molecule has 1 aliphatic heterocycles. The van der Waals surface area contributed by atoms with Gasteiger partial charge in [-0.3, -0.25) is 9.59 Å². The molecule has 9 nitrogen and oxygen atoms in total. The Kier molecular flexibility index (Phi) is 6.40. The summed E-state index contributed by atoms with van der Waals surface area (Å²) in [5, 5.41) is 15.9. The number of para-hydroxylation sites is 2. The van der Waals surface area contributed by atoms with Crippen LogP contribution >= 0.6 is 11.6 Å². The van der Waals surface area contributed by atoms with Crippen molar-refractivity contribution in [3.05, 3.63) is 65.3 Å². The zero-order valence-electron chi connectivity index (χ0n) is 16.7. The molecule has 10 heteroatoms. The van der Waals surface area contributed by atoms with Gasteiger partial charge in [-0.25, -0.2) is 4.79 Å². The van der Waals surface area contributed by atoms with Crippen molar-refractivity contribution in [3.8, 4) is 0 Å². The fourth-order valence-corrected chi connectivity index (χ4v) is 3.71. The highest BCUT2D eigenvalue weighted by Gasteiger charge is 2.41. The van der Waals surface area contributed by atoms with Crippen molar-refractivity contribution >= 4 is 46.0 Å². The Morgan fingerprint density at radius 2 is 1.75 bits per heavy atom. The molecule has 3 aromatic rings. The summed E-state index contributed by atoms with van der Waals surface area (Å²) in [7, 11) is 0. The molecule has 3 unspecified atom stereocenters. The Morgan fingerprint density at radius 1 is 1.06 bits per heavy atom. The van der Waals surface area contributed by atoms with Crippen molar-refractivity contribution in [2.24, 2.45) is 0 Å². The fourth-order valence-electron chi connectivity index (χ4n) is 3.53. The lowest BCUT2D eigenvalue weighted by molar-refractivity contribution is -0.144. The maximum Gasteiger partial charge on any atom is 0.326 e. The number of nitrogens with one attached hydrogen (secondary N) is 3. The van der Waals surface area contributed by atoms with E-state index in [-0.39, 0.29) is 13.2 Å². The molecule has 166 valence electrons. The van der Waals surface area contributed by atoms with Crippen molar-refractivity contribution in [2.75, 3.05) is 12.1 Å². The smallest absolute Gasteiger partial charge is 0.326 e. The van der Waals surface area contributed by atoms with E-state index in [4.69, 9.17) is 21.1 Å². The van der Waals surface area contributed by atoms with Gasteiger partial charge in [0.1, 0.15) is 12.8 Å². The highest BCUT2D eigenvalue weighted by molar-refractivity contribution is 6.33. The van der Waals surface area contributed by atoms with Gasteiger partial charge >= 0.3 is 5.97 Å². The van der Waals surface area contributed by atoms with E-state index < -0.39 is 36.0 Å². The van der Waals surface area contributed by atoms with Crippen LogP contribution in [0.5, 0.6) is 0 Å². The lowest BCUT2D eigenvalue weighted by atomic mass is 10.0. The maximum atomic E-state index is 12.8. The van der Waals surface area contributed by atoms with E-state index in [2.05, 4.69) is 15.6 Å². The van der Waals surface area contributed by atoms with Crippen molar-refractivity contribution in [3.63, 3.8) is 0 Å². The third-order valence-corrected chi connectivity index (χ3v) is 5.46. The zero-order valence-corrected chi connectivity index (χ0v) is 17.5. The van der Waals surface area contributed by atoms with E-state index in [0.29, 0.717) is 10.7 Å². The van der Waals surface area contributed by atoms with Gasteiger partial charge in [0.2, 0.25) is 0 Å². The largest absolute Gasteiger partial charge is 0.480 e. The summed E-state index contributed by atoms with van der Waals surface area (Å²) in [5.74, 6) is -2.59. The number of H-pyrrole nitrogens is 1. The van der Waals surface area contributed by atoms with E-state index in [9.17, 15) is 19.5 Å². The molecular weight excluding hydrogens is 438 g/mol. The number of aliphatic carboxylic acids is 1. The minimum absolute atomic E-state index is 0.0507. The van der Waals surface area contributed by atoms with E-state index in [1.54, 1.807) is 30.5 Å². The van der Waals surface area contributed by atoms with Crippen molar-refractivity contribution < 1.29 is 29.0 Å². The molecule has 2 heterocycles. The highest BCUT2D eigenvalue weighted by atomic mass is 35.5. The van der Waals surface area contributed by atoms with Crippen LogP contribution < -0.4 is 10.6 Å². The quantitative estimate of drug-likeness (QED) is 0.431. The van der Waals surface area contributed by atoms with Crippen molar-refractivity contribution in [2.45, 2.75) is 24.7 Å². The average Bonchev–Trinajstić information content (AvgIpc) is 3.42. The Balaban J connectivity index is 1.45. The number of aromatic nitrogens is 1. The summed E-state index contributed by atoms with van der Waals surface area (Å²) in [5.41, 5.74) is 1.96. The van der Waals surface area contributed by atoms with Crippen LogP contribution in [0.1, 0.15) is 5.56 Å². The number of aromatic amines is 1. The fraction of sp³-hybridized carbons (Fsp3) is 0.227. The molecule has 0 aliphatic carbocycles. The van der Waals surface area contributed by atoms with E-state index in [1.807, 2.05) is 24.3 Å². The van der Waals surface area contributed by atoms with Gasteiger partial charge in [-0.15, -0.1) is 0 Å². The van der Waals surface area contributed by atoms with Gasteiger partial charge in [0, 0.05) is 23.5 Å². The summed E-state index contributed by atoms with van der Waals surface area (Å²) in [6, 6.07) is 12.8. The molecule has 2 aromatic carbocycles. The predicted molar refractivity (Wildman–Crippen MR) is 116 cm³/mol. The molecule has 0 radical (unpaired) electrons. The Bertz CT molecular complexity index is 1160. The second-order valence-electron chi connectivity index (χ2n) is 7.22. The molecular formula is C22H20ClN3O6. The zero-order chi connectivity index (χ0) is 22.7. The molecule has 1 fully saturated rings. The van der Waals surface area contributed by atoms with Gasteiger partial charge in [0.15, 0.2) is 12.2 Å². The minimum atomic E-state index is -1.30. The van der Waals surface area contributed by atoms with Crippen LogP contribution in [-0.4, -0.2) is 52.9 Å². The van der Waals surface area contributed by atoms with Gasteiger partial charge < -0.3 is 30.2 Å². The standard InChI is InChI=1S/C22H20ClN3O6/c23-14-6-2-4-8-16(14)25-20(27)18-19(32-11-31-18)21(28)26-17(22(29)30)9-12-10-24-15-7-3-1-5-13(12)15/h1-8,10,17-19,24H,9,11H2,(H,25,27)(H,26,28)(H,29,30).